The molecule has 0 aliphatic heterocycles. The Labute approximate surface area is 98.5 Å². The summed E-state index contributed by atoms with van der Waals surface area (Å²) in [7, 11) is 3.75. The van der Waals surface area contributed by atoms with Crippen LogP contribution in [0.5, 0.6) is 0 Å². The zero-order valence-electron chi connectivity index (χ0n) is 10.2. The monoisotopic (exact) mass is 234 g/mol. The fourth-order valence-corrected chi connectivity index (χ4v) is 1.53. The molecule has 7 heteroatoms. The van der Waals surface area contributed by atoms with Gasteiger partial charge >= 0.3 is 0 Å². The molecule has 90 valence electrons. The summed E-state index contributed by atoms with van der Waals surface area (Å²) in [5, 5.41) is 6.86. The van der Waals surface area contributed by atoms with Crippen molar-refractivity contribution in [3.63, 3.8) is 0 Å². The summed E-state index contributed by atoms with van der Waals surface area (Å²) in [5.41, 5.74) is 1.18. The van der Waals surface area contributed by atoms with Gasteiger partial charge in [0.15, 0.2) is 5.65 Å². The van der Waals surface area contributed by atoms with E-state index in [1.807, 2.05) is 19.0 Å². The fourth-order valence-electron chi connectivity index (χ4n) is 1.53. The Balaban J connectivity index is 2.64. The Kier molecular flexibility index (Phi) is 2.66. The molecule has 0 fully saturated rings. The van der Waals surface area contributed by atoms with E-state index in [0.29, 0.717) is 23.1 Å². The summed E-state index contributed by atoms with van der Waals surface area (Å²) in [5.74, 6) is 1.15. The molecule has 0 spiro atoms. The predicted octanol–water partition coefficient (Wildman–Crippen LogP) is 0.457. The Morgan fingerprint density at radius 3 is 2.71 bits per heavy atom. The third-order valence-corrected chi connectivity index (χ3v) is 2.17. The molecule has 0 aliphatic carbocycles. The van der Waals surface area contributed by atoms with Crippen LogP contribution in [0.4, 0.5) is 11.6 Å². The summed E-state index contributed by atoms with van der Waals surface area (Å²) in [4.78, 5) is 21.5. The smallest absolute Gasteiger partial charge is 0.229 e. The molecule has 0 saturated carbocycles. The van der Waals surface area contributed by atoms with Crippen LogP contribution >= 0.6 is 0 Å². The van der Waals surface area contributed by atoms with E-state index in [0.717, 1.165) is 0 Å². The van der Waals surface area contributed by atoms with Crippen LogP contribution in [0.15, 0.2) is 6.20 Å². The van der Waals surface area contributed by atoms with Crippen LogP contribution in [0, 0.1) is 6.92 Å². The van der Waals surface area contributed by atoms with Crippen molar-refractivity contribution in [2.45, 2.75) is 13.8 Å². The maximum Gasteiger partial charge on any atom is 0.229 e. The van der Waals surface area contributed by atoms with Crippen molar-refractivity contribution in [3.05, 3.63) is 12.0 Å². The minimum absolute atomic E-state index is 0.150. The highest BCUT2D eigenvalue weighted by molar-refractivity contribution is 5.92. The number of hydrogen-bond donors (Lipinski definition) is 1. The van der Waals surface area contributed by atoms with Gasteiger partial charge in [0.2, 0.25) is 11.9 Å². The summed E-state index contributed by atoms with van der Waals surface area (Å²) < 4.78 is 1.60. The average molecular weight is 234 g/mol. The maximum atomic E-state index is 11.1. The van der Waals surface area contributed by atoms with E-state index in [9.17, 15) is 4.79 Å². The first kappa shape index (κ1) is 11.3. The predicted molar refractivity (Wildman–Crippen MR) is 64.1 cm³/mol. The molecule has 0 radical (unpaired) electrons. The number of aromatic nitrogens is 4. The van der Waals surface area contributed by atoms with Gasteiger partial charge in [-0.05, 0) is 6.92 Å². The number of carbonyl (C=O) groups is 1. The van der Waals surface area contributed by atoms with Gasteiger partial charge in [-0.25, -0.2) is 4.98 Å². The van der Waals surface area contributed by atoms with Crippen molar-refractivity contribution in [1.29, 1.82) is 0 Å². The second kappa shape index (κ2) is 4.00. The number of hydrogen-bond acceptors (Lipinski definition) is 5. The zero-order chi connectivity index (χ0) is 12.6. The van der Waals surface area contributed by atoms with Crippen molar-refractivity contribution in [3.8, 4) is 0 Å². The Bertz CT molecular complexity index is 573. The third-order valence-electron chi connectivity index (χ3n) is 2.17. The van der Waals surface area contributed by atoms with Crippen LogP contribution in [0.3, 0.4) is 0 Å². The number of anilines is 2. The first-order valence-corrected chi connectivity index (χ1v) is 5.16. The molecule has 1 N–H and O–H groups in total. The van der Waals surface area contributed by atoms with Gasteiger partial charge in [0.25, 0.3) is 0 Å². The van der Waals surface area contributed by atoms with Gasteiger partial charge in [0.1, 0.15) is 11.5 Å². The highest BCUT2D eigenvalue weighted by Gasteiger charge is 2.13. The van der Waals surface area contributed by atoms with Gasteiger partial charge in [-0.3, -0.25) is 4.79 Å². The minimum atomic E-state index is -0.150. The highest BCUT2D eigenvalue weighted by Crippen LogP contribution is 2.18. The number of rotatable bonds is 2. The van der Waals surface area contributed by atoms with Crippen molar-refractivity contribution in [2.75, 3.05) is 24.3 Å². The Hall–Kier alpha value is -2.18. The van der Waals surface area contributed by atoms with Gasteiger partial charge in [0.05, 0.1) is 6.20 Å². The molecule has 1 amide bonds. The van der Waals surface area contributed by atoms with Crippen molar-refractivity contribution < 1.29 is 4.79 Å². The first-order chi connectivity index (χ1) is 7.99. The quantitative estimate of drug-likeness (QED) is 0.816. The molecule has 2 rings (SSSR count). The number of fused-ring (bicyclic) bond motifs is 1. The largest absolute Gasteiger partial charge is 0.347 e. The molecule has 0 atom stereocenters. The maximum absolute atomic E-state index is 11.1. The molecule has 0 aromatic carbocycles. The van der Waals surface area contributed by atoms with E-state index in [2.05, 4.69) is 20.4 Å². The lowest BCUT2D eigenvalue weighted by atomic mass is 10.5. The van der Waals surface area contributed by atoms with Crippen LogP contribution in [-0.4, -0.2) is 39.6 Å². The number of nitrogens with one attached hydrogen (secondary N) is 1. The van der Waals surface area contributed by atoms with Crippen LogP contribution in [0.2, 0.25) is 0 Å². The number of aryl methyl sites for hydroxylation is 1. The van der Waals surface area contributed by atoms with E-state index < -0.39 is 0 Å². The van der Waals surface area contributed by atoms with Gasteiger partial charge in [-0.2, -0.15) is 14.6 Å². The summed E-state index contributed by atoms with van der Waals surface area (Å²) in [6.45, 7) is 3.25. The number of amides is 1. The average Bonchev–Trinajstić information content (AvgIpc) is 2.59. The molecule has 0 unspecified atom stereocenters. The summed E-state index contributed by atoms with van der Waals surface area (Å²) in [6.07, 6.45) is 1.57. The summed E-state index contributed by atoms with van der Waals surface area (Å²) >= 11 is 0. The SMILES string of the molecule is CC(=O)Nc1cnn2c(N(C)C)nc(C)nc12. The van der Waals surface area contributed by atoms with Gasteiger partial charge < -0.3 is 10.2 Å². The molecule has 2 aromatic heterocycles. The lowest BCUT2D eigenvalue weighted by Gasteiger charge is -2.12. The molecular formula is C10H14N6O. The molecule has 0 bridgehead atoms. The molecule has 2 heterocycles. The van der Waals surface area contributed by atoms with Crippen LogP contribution < -0.4 is 10.2 Å². The second-order valence-corrected chi connectivity index (χ2v) is 3.94. The lowest BCUT2D eigenvalue weighted by molar-refractivity contribution is -0.114. The number of carbonyl (C=O) groups excluding carboxylic acids is 1. The topological polar surface area (TPSA) is 75.4 Å². The minimum Gasteiger partial charge on any atom is -0.347 e. The molecular weight excluding hydrogens is 220 g/mol. The normalized spacial score (nSPS) is 10.6. The lowest BCUT2D eigenvalue weighted by Crippen LogP contribution is -2.17. The molecule has 7 nitrogen and oxygen atoms in total. The molecule has 17 heavy (non-hydrogen) atoms. The molecule has 0 saturated heterocycles. The van der Waals surface area contributed by atoms with Crippen molar-refractivity contribution >= 4 is 23.2 Å². The third kappa shape index (κ3) is 2.03. The van der Waals surface area contributed by atoms with Crippen LogP contribution in [0.1, 0.15) is 12.7 Å². The van der Waals surface area contributed by atoms with E-state index in [-0.39, 0.29) is 5.91 Å². The van der Waals surface area contributed by atoms with Gasteiger partial charge in [-0.15, -0.1) is 0 Å². The van der Waals surface area contributed by atoms with Crippen molar-refractivity contribution in [1.82, 2.24) is 19.6 Å². The van der Waals surface area contributed by atoms with Gasteiger partial charge in [-0.1, -0.05) is 0 Å². The fraction of sp³-hybridized carbons (Fsp3) is 0.400. The Morgan fingerprint density at radius 1 is 1.41 bits per heavy atom. The van der Waals surface area contributed by atoms with E-state index in [4.69, 9.17) is 0 Å². The Morgan fingerprint density at radius 2 is 2.12 bits per heavy atom. The van der Waals surface area contributed by atoms with E-state index in [1.165, 1.54) is 6.92 Å². The first-order valence-electron chi connectivity index (χ1n) is 5.16. The number of nitrogens with zero attached hydrogens (tertiary/aromatic N) is 5. The van der Waals surface area contributed by atoms with E-state index in [1.54, 1.807) is 17.6 Å². The molecule has 0 aliphatic rings. The van der Waals surface area contributed by atoms with Crippen LogP contribution in [0.25, 0.3) is 5.65 Å². The summed E-state index contributed by atoms with van der Waals surface area (Å²) in [6, 6.07) is 0. The van der Waals surface area contributed by atoms with Crippen LogP contribution in [-0.2, 0) is 4.79 Å². The van der Waals surface area contributed by atoms with E-state index >= 15 is 0 Å². The highest BCUT2D eigenvalue weighted by atomic mass is 16.1. The standard InChI is InChI=1S/C10H14N6O/c1-6-12-9-8(14-7(2)17)5-11-16(9)10(13-6)15(3)4/h5H,1-4H3,(H,14,17). The van der Waals surface area contributed by atoms with Gasteiger partial charge in [0, 0.05) is 21.0 Å². The molecule has 2 aromatic rings. The van der Waals surface area contributed by atoms with Crippen molar-refractivity contribution in [2.24, 2.45) is 0 Å². The second-order valence-electron chi connectivity index (χ2n) is 3.94. The zero-order valence-corrected chi connectivity index (χ0v) is 10.2.